The van der Waals surface area contributed by atoms with Gasteiger partial charge in [0.25, 0.3) is 0 Å². The van der Waals surface area contributed by atoms with Crippen molar-refractivity contribution in [1.82, 2.24) is 5.32 Å². The molecule has 2 aromatic carbocycles. The van der Waals surface area contributed by atoms with Crippen LogP contribution in [0.2, 0.25) is 5.02 Å². The van der Waals surface area contributed by atoms with Crippen LogP contribution in [0.1, 0.15) is 39.2 Å². The quantitative estimate of drug-likeness (QED) is 0.650. The topological polar surface area (TPSA) is 50.4 Å². The van der Waals surface area contributed by atoms with Gasteiger partial charge in [0.1, 0.15) is 5.75 Å². The molecule has 5 heteroatoms. The Morgan fingerprint density at radius 1 is 1.04 bits per heavy atom. The second kappa shape index (κ2) is 9.60. The molecule has 0 bridgehead atoms. The van der Waals surface area contributed by atoms with Gasteiger partial charge in [-0.3, -0.25) is 10.1 Å². The van der Waals surface area contributed by atoms with Crippen molar-refractivity contribution in [3.05, 3.63) is 59.1 Å². The van der Waals surface area contributed by atoms with Crippen molar-refractivity contribution in [1.29, 1.82) is 0 Å². The molecular formula is C21H27ClN2O2. The number of nitrogens with one attached hydrogen (secondary N) is 2. The monoisotopic (exact) mass is 374 g/mol. The highest BCUT2D eigenvalue weighted by Gasteiger charge is 2.28. The number of carbonyl (C=O) groups excluding carboxylic acids is 1. The molecule has 2 N–H and O–H groups in total. The van der Waals surface area contributed by atoms with Crippen molar-refractivity contribution >= 4 is 23.2 Å². The molecule has 0 saturated heterocycles. The van der Waals surface area contributed by atoms with Gasteiger partial charge in [0.05, 0.1) is 18.8 Å². The molecule has 0 aromatic heterocycles. The smallest absolute Gasteiger partial charge is 0.238 e. The van der Waals surface area contributed by atoms with Crippen LogP contribution >= 0.6 is 11.6 Å². The molecule has 0 unspecified atom stereocenters. The molecular weight excluding hydrogens is 348 g/mol. The summed E-state index contributed by atoms with van der Waals surface area (Å²) in [6, 6.07) is 15.3. The van der Waals surface area contributed by atoms with Crippen molar-refractivity contribution in [2.24, 2.45) is 0 Å². The van der Waals surface area contributed by atoms with E-state index in [0.717, 1.165) is 18.4 Å². The molecule has 4 nitrogen and oxygen atoms in total. The van der Waals surface area contributed by atoms with Crippen molar-refractivity contribution in [3.8, 4) is 5.75 Å². The van der Waals surface area contributed by atoms with Crippen LogP contribution in [0.25, 0.3) is 0 Å². The summed E-state index contributed by atoms with van der Waals surface area (Å²) in [6.45, 7) is 6.92. The number of hydrogen-bond acceptors (Lipinski definition) is 3. The first-order valence-corrected chi connectivity index (χ1v) is 9.45. The third-order valence-electron chi connectivity index (χ3n) is 4.65. The van der Waals surface area contributed by atoms with E-state index >= 15 is 0 Å². The molecule has 0 radical (unpaired) electrons. The lowest BCUT2D eigenvalue weighted by molar-refractivity contribution is -0.115. The number of amides is 1. The molecule has 2 aromatic rings. The highest BCUT2D eigenvalue weighted by Crippen LogP contribution is 2.30. The van der Waals surface area contributed by atoms with Crippen LogP contribution in [0.4, 0.5) is 5.69 Å². The Morgan fingerprint density at radius 2 is 1.69 bits per heavy atom. The second-order valence-corrected chi connectivity index (χ2v) is 6.56. The first-order valence-electron chi connectivity index (χ1n) is 9.07. The van der Waals surface area contributed by atoms with Crippen molar-refractivity contribution in [3.63, 3.8) is 0 Å². The summed E-state index contributed by atoms with van der Waals surface area (Å²) in [5.74, 6) is 0.579. The van der Waals surface area contributed by atoms with Gasteiger partial charge in [-0.2, -0.15) is 0 Å². The summed E-state index contributed by atoms with van der Waals surface area (Å²) >= 11 is 6.01. The minimum absolute atomic E-state index is 0.0996. The molecule has 0 saturated carbocycles. The number of benzene rings is 2. The molecule has 0 fully saturated rings. The fourth-order valence-electron chi connectivity index (χ4n) is 3.07. The average Bonchev–Trinajstić information content (AvgIpc) is 2.66. The third kappa shape index (κ3) is 4.99. The number of rotatable bonds is 9. The Balaban J connectivity index is 2.07. The molecule has 1 amide bonds. The largest absolute Gasteiger partial charge is 0.492 e. The van der Waals surface area contributed by atoms with Crippen LogP contribution in [0.3, 0.4) is 0 Å². The van der Waals surface area contributed by atoms with Crippen LogP contribution in [-0.2, 0) is 10.3 Å². The summed E-state index contributed by atoms with van der Waals surface area (Å²) < 4.78 is 5.56. The van der Waals surface area contributed by atoms with Crippen molar-refractivity contribution in [2.45, 2.75) is 39.2 Å². The lowest BCUT2D eigenvalue weighted by Gasteiger charge is -2.33. The van der Waals surface area contributed by atoms with E-state index in [-0.39, 0.29) is 18.0 Å². The third-order valence-corrected chi connectivity index (χ3v) is 4.90. The summed E-state index contributed by atoms with van der Waals surface area (Å²) in [6.07, 6.45) is 1.74. The molecule has 0 aliphatic rings. The van der Waals surface area contributed by atoms with Gasteiger partial charge in [0.2, 0.25) is 5.91 Å². The number of anilines is 1. The van der Waals surface area contributed by atoms with E-state index in [2.05, 4.69) is 24.5 Å². The van der Waals surface area contributed by atoms with Gasteiger partial charge < -0.3 is 10.1 Å². The summed E-state index contributed by atoms with van der Waals surface area (Å²) in [4.78, 5) is 12.5. The second-order valence-electron chi connectivity index (χ2n) is 6.13. The van der Waals surface area contributed by atoms with E-state index in [9.17, 15) is 4.79 Å². The van der Waals surface area contributed by atoms with Gasteiger partial charge in [-0.15, -0.1) is 0 Å². The molecule has 0 heterocycles. The molecule has 0 aliphatic carbocycles. The number of halogens is 1. The minimum atomic E-state index is -0.263. The lowest BCUT2D eigenvalue weighted by atomic mass is 9.84. The van der Waals surface area contributed by atoms with E-state index in [4.69, 9.17) is 16.3 Å². The normalized spacial score (nSPS) is 11.2. The van der Waals surface area contributed by atoms with Crippen molar-refractivity contribution < 1.29 is 9.53 Å². The predicted molar refractivity (Wildman–Crippen MR) is 108 cm³/mol. The van der Waals surface area contributed by atoms with Gasteiger partial charge in [-0.25, -0.2) is 0 Å². The Kier molecular flexibility index (Phi) is 7.49. The molecule has 0 atom stereocenters. The average molecular weight is 375 g/mol. The number of para-hydroxylation sites is 2. The maximum absolute atomic E-state index is 12.5. The van der Waals surface area contributed by atoms with Crippen LogP contribution in [0.15, 0.2) is 48.5 Å². The Bertz CT molecular complexity index is 712. The van der Waals surface area contributed by atoms with Gasteiger partial charge in [0, 0.05) is 10.6 Å². The van der Waals surface area contributed by atoms with Gasteiger partial charge in [-0.1, -0.05) is 49.7 Å². The Labute approximate surface area is 160 Å². The molecule has 0 spiro atoms. The van der Waals surface area contributed by atoms with E-state index in [1.54, 1.807) is 0 Å². The van der Waals surface area contributed by atoms with Gasteiger partial charge in [0.15, 0.2) is 0 Å². The van der Waals surface area contributed by atoms with Gasteiger partial charge >= 0.3 is 0 Å². The van der Waals surface area contributed by atoms with Crippen LogP contribution in [0.5, 0.6) is 5.75 Å². The summed E-state index contributed by atoms with van der Waals surface area (Å²) in [5, 5.41) is 7.08. The lowest BCUT2D eigenvalue weighted by Crippen LogP contribution is -2.45. The van der Waals surface area contributed by atoms with Crippen molar-refractivity contribution in [2.75, 3.05) is 18.5 Å². The minimum Gasteiger partial charge on any atom is -0.492 e. The zero-order valence-corrected chi connectivity index (χ0v) is 16.4. The molecule has 2 rings (SSSR count). The zero-order valence-electron chi connectivity index (χ0n) is 15.6. The Morgan fingerprint density at radius 3 is 2.31 bits per heavy atom. The highest BCUT2D eigenvalue weighted by molar-refractivity contribution is 6.30. The number of carbonyl (C=O) groups is 1. The van der Waals surface area contributed by atoms with Gasteiger partial charge in [-0.05, 0) is 49.6 Å². The first-order chi connectivity index (χ1) is 12.5. The standard InChI is InChI=1S/C21H27ClN2O2/c1-4-21(5-2,16-11-13-17(22)14-12-16)23-15-20(25)24-18-9-7-8-10-19(18)26-6-3/h7-14,23H,4-6,15H2,1-3H3,(H,24,25). The van der Waals surface area contributed by atoms with Crippen LogP contribution in [0, 0.1) is 0 Å². The number of ether oxygens (including phenoxy) is 1. The Hall–Kier alpha value is -2.04. The van der Waals surface area contributed by atoms with E-state index in [1.807, 2.05) is 55.5 Å². The van der Waals surface area contributed by atoms with Crippen LogP contribution in [-0.4, -0.2) is 19.1 Å². The molecule has 140 valence electrons. The predicted octanol–water partition coefficient (Wildman–Crippen LogP) is 4.98. The first kappa shape index (κ1) is 20.3. The SMILES string of the molecule is CCOc1ccccc1NC(=O)CNC(CC)(CC)c1ccc(Cl)cc1. The van der Waals surface area contributed by atoms with E-state index in [1.165, 1.54) is 0 Å². The van der Waals surface area contributed by atoms with Crippen LogP contribution < -0.4 is 15.4 Å². The molecule has 26 heavy (non-hydrogen) atoms. The maximum Gasteiger partial charge on any atom is 0.238 e. The fourth-order valence-corrected chi connectivity index (χ4v) is 3.20. The maximum atomic E-state index is 12.5. The highest BCUT2D eigenvalue weighted by atomic mass is 35.5. The number of hydrogen-bond donors (Lipinski definition) is 2. The summed E-state index contributed by atoms with van der Waals surface area (Å²) in [5.41, 5.74) is 1.56. The van der Waals surface area contributed by atoms with E-state index < -0.39 is 0 Å². The zero-order chi connectivity index (χ0) is 19.0. The molecule has 0 aliphatic heterocycles. The summed E-state index contributed by atoms with van der Waals surface area (Å²) in [7, 11) is 0. The van der Waals surface area contributed by atoms with E-state index in [0.29, 0.717) is 23.1 Å². The fraction of sp³-hybridized carbons (Fsp3) is 0.381.